The molecule has 0 amide bonds. The lowest BCUT2D eigenvalue weighted by Crippen LogP contribution is -2.16. The molecule has 1 heterocycles. The van der Waals surface area contributed by atoms with Gasteiger partial charge >= 0.3 is 0 Å². The summed E-state index contributed by atoms with van der Waals surface area (Å²) >= 11 is 4.98. The molecule has 1 aromatic heterocycles. The van der Waals surface area contributed by atoms with Gasteiger partial charge in [-0.2, -0.15) is 0 Å². The van der Waals surface area contributed by atoms with Crippen molar-refractivity contribution in [1.29, 1.82) is 0 Å². The maximum Gasteiger partial charge on any atom is 0.180 e. The van der Waals surface area contributed by atoms with E-state index in [-0.39, 0.29) is 12.4 Å². The number of halogens is 2. The average molecular weight is 349 g/mol. The second kappa shape index (κ2) is 7.09. The lowest BCUT2D eigenvalue weighted by molar-refractivity contribution is 0.322. The molecule has 2 rings (SSSR count). The topological polar surface area (TPSA) is 42.2 Å². The SMILES string of the molecule is CN(Cc1ccc(Br)cc1)Cc1cnc(N)s1.Cl. The second-order valence-corrected chi connectivity index (χ2v) is 6.03. The second-order valence-electron chi connectivity index (χ2n) is 3.96. The van der Waals surface area contributed by atoms with E-state index in [2.05, 4.69) is 57.1 Å². The first kappa shape index (κ1) is 15.4. The fourth-order valence-corrected chi connectivity index (χ4v) is 2.65. The lowest BCUT2D eigenvalue weighted by Gasteiger charge is -2.15. The van der Waals surface area contributed by atoms with Crippen molar-refractivity contribution in [3.63, 3.8) is 0 Å². The summed E-state index contributed by atoms with van der Waals surface area (Å²) in [6.45, 7) is 1.80. The Morgan fingerprint density at radius 2 is 1.94 bits per heavy atom. The lowest BCUT2D eigenvalue weighted by atomic mass is 10.2. The number of hydrogen-bond acceptors (Lipinski definition) is 4. The van der Waals surface area contributed by atoms with Crippen molar-refractivity contribution in [3.05, 3.63) is 45.4 Å². The van der Waals surface area contributed by atoms with Crippen molar-refractivity contribution < 1.29 is 0 Å². The highest BCUT2D eigenvalue weighted by atomic mass is 79.9. The summed E-state index contributed by atoms with van der Waals surface area (Å²) in [6, 6.07) is 8.38. The molecular weight excluding hydrogens is 334 g/mol. The van der Waals surface area contributed by atoms with E-state index < -0.39 is 0 Å². The van der Waals surface area contributed by atoms with Crippen LogP contribution in [0.2, 0.25) is 0 Å². The van der Waals surface area contributed by atoms with Crippen molar-refractivity contribution in [2.24, 2.45) is 0 Å². The third-order valence-corrected chi connectivity index (χ3v) is 3.70. The summed E-state index contributed by atoms with van der Waals surface area (Å²) in [6.07, 6.45) is 1.85. The Bertz CT molecular complexity index is 486. The highest BCUT2D eigenvalue weighted by molar-refractivity contribution is 9.10. The molecule has 2 N–H and O–H groups in total. The number of nitrogen functional groups attached to an aromatic ring is 1. The van der Waals surface area contributed by atoms with E-state index in [1.807, 2.05) is 6.20 Å². The molecule has 6 heteroatoms. The zero-order valence-electron chi connectivity index (χ0n) is 9.97. The van der Waals surface area contributed by atoms with Gasteiger partial charge in [-0.25, -0.2) is 4.98 Å². The molecule has 18 heavy (non-hydrogen) atoms. The van der Waals surface area contributed by atoms with Crippen molar-refractivity contribution in [3.8, 4) is 0 Å². The van der Waals surface area contributed by atoms with Crippen LogP contribution in [-0.2, 0) is 13.1 Å². The van der Waals surface area contributed by atoms with Crippen LogP contribution >= 0.6 is 39.7 Å². The third kappa shape index (κ3) is 4.57. The Labute approximate surface area is 126 Å². The molecule has 3 nitrogen and oxygen atoms in total. The number of anilines is 1. The monoisotopic (exact) mass is 347 g/mol. The van der Waals surface area contributed by atoms with E-state index in [1.165, 1.54) is 10.4 Å². The highest BCUT2D eigenvalue weighted by Gasteiger charge is 2.04. The van der Waals surface area contributed by atoms with Crippen molar-refractivity contribution in [1.82, 2.24) is 9.88 Å². The first-order valence-electron chi connectivity index (χ1n) is 5.26. The van der Waals surface area contributed by atoms with E-state index in [4.69, 9.17) is 5.73 Å². The molecule has 1 aromatic carbocycles. The molecule has 0 aliphatic rings. The Balaban J connectivity index is 0.00000162. The van der Waals surface area contributed by atoms with Gasteiger partial charge in [-0.15, -0.1) is 23.7 Å². The zero-order chi connectivity index (χ0) is 12.3. The van der Waals surface area contributed by atoms with E-state index in [0.717, 1.165) is 17.6 Å². The van der Waals surface area contributed by atoms with Gasteiger partial charge in [0.1, 0.15) is 0 Å². The quantitative estimate of drug-likeness (QED) is 0.919. The van der Waals surface area contributed by atoms with Crippen LogP contribution < -0.4 is 5.73 Å². The van der Waals surface area contributed by atoms with Gasteiger partial charge in [0.25, 0.3) is 0 Å². The zero-order valence-corrected chi connectivity index (χ0v) is 13.2. The number of benzene rings is 1. The van der Waals surface area contributed by atoms with Gasteiger partial charge in [0.05, 0.1) is 0 Å². The molecule has 0 bridgehead atoms. The summed E-state index contributed by atoms with van der Waals surface area (Å²) in [4.78, 5) is 7.49. The van der Waals surface area contributed by atoms with Crippen molar-refractivity contribution in [2.75, 3.05) is 12.8 Å². The molecule has 0 saturated heterocycles. The van der Waals surface area contributed by atoms with Crippen LogP contribution in [0.3, 0.4) is 0 Å². The minimum absolute atomic E-state index is 0. The summed E-state index contributed by atoms with van der Waals surface area (Å²) in [7, 11) is 2.10. The predicted molar refractivity (Wildman–Crippen MR) is 83.1 cm³/mol. The van der Waals surface area contributed by atoms with Gasteiger partial charge in [0.15, 0.2) is 5.13 Å². The Hall–Kier alpha value is -0.620. The molecule has 0 fully saturated rings. The van der Waals surface area contributed by atoms with Crippen LogP contribution in [0.1, 0.15) is 10.4 Å². The Morgan fingerprint density at radius 1 is 1.28 bits per heavy atom. The Kier molecular flexibility index (Phi) is 6.08. The normalized spacial score (nSPS) is 10.4. The minimum Gasteiger partial charge on any atom is -0.375 e. The van der Waals surface area contributed by atoms with Gasteiger partial charge in [0.2, 0.25) is 0 Å². The van der Waals surface area contributed by atoms with Crippen LogP contribution in [0.15, 0.2) is 34.9 Å². The number of hydrogen-bond donors (Lipinski definition) is 1. The minimum atomic E-state index is 0. The molecular formula is C12H15BrClN3S. The first-order valence-corrected chi connectivity index (χ1v) is 6.87. The van der Waals surface area contributed by atoms with Gasteiger partial charge in [-0.3, -0.25) is 4.90 Å². The van der Waals surface area contributed by atoms with E-state index >= 15 is 0 Å². The number of nitrogens with two attached hydrogens (primary N) is 1. The summed E-state index contributed by atoms with van der Waals surface area (Å²) < 4.78 is 1.11. The van der Waals surface area contributed by atoms with Gasteiger partial charge in [0, 0.05) is 28.6 Å². The van der Waals surface area contributed by atoms with Crippen LogP contribution in [-0.4, -0.2) is 16.9 Å². The molecule has 98 valence electrons. The molecule has 0 aliphatic heterocycles. The summed E-state index contributed by atoms with van der Waals surface area (Å²) in [5.41, 5.74) is 6.91. The molecule has 0 unspecified atom stereocenters. The standard InChI is InChI=1S/C12H14BrN3S.ClH/c1-16(8-11-6-15-12(14)17-11)7-9-2-4-10(13)5-3-9;/h2-6H,7-8H2,1H3,(H2,14,15);1H. The third-order valence-electron chi connectivity index (χ3n) is 2.36. The van der Waals surface area contributed by atoms with Crippen LogP contribution in [0.25, 0.3) is 0 Å². The number of thiazole rings is 1. The molecule has 0 aliphatic carbocycles. The van der Waals surface area contributed by atoms with Crippen molar-refractivity contribution in [2.45, 2.75) is 13.1 Å². The van der Waals surface area contributed by atoms with Crippen LogP contribution in [0.5, 0.6) is 0 Å². The fourth-order valence-electron chi connectivity index (χ4n) is 1.62. The molecule has 2 aromatic rings. The predicted octanol–water partition coefficient (Wildman–Crippen LogP) is 3.54. The molecule has 0 radical (unpaired) electrons. The molecule has 0 atom stereocenters. The first-order chi connectivity index (χ1) is 8.13. The van der Waals surface area contributed by atoms with Crippen LogP contribution in [0, 0.1) is 0 Å². The Morgan fingerprint density at radius 3 is 2.50 bits per heavy atom. The fraction of sp³-hybridized carbons (Fsp3) is 0.250. The average Bonchev–Trinajstić information content (AvgIpc) is 2.67. The maximum absolute atomic E-state index is 5.61. The smallest absolute Gasteiger partial charge is 0.180 e. The summed E-state index contributed by atoms with van der Waals surface area (Å²) in [5, 5.41) is 0.636. The van der Waals surface area contributed by atoms with Gasteiger partial charge in [-0.1, -0.05) is 28.1 Å². The largest absolute Gasteiger partial charge is 0.375 e. The van der Waals surface area contributed by atoms with E-state index in [0.29, 0.717) is 5.13 Å². The van der Waals surface area contributed by atoms with Gasteiger partial charge < -0.3 is 5.73 Å². The van der Waals surface area contributed by atoms with E-state index in [1.54, 1.807) is 11.3 Å². The van der Waals surface area contributed by atoms with Crippen LogP contribution in [0.4, 0.5) is 5.13 Å². The highest BCUT2D eigenvalue weighted by Crippen LogP contribution is 2.17. The number of nitrogens with zero attached hydrogens (tertiary/aromatic N) is 2. The molecule has 0 saturated carbocycles. The summed E-state index contributed by atoms with van der Waals surface area (Å²) in [5.74, 6) is 0. The van der Waals surface area contributed by atoms with Gasteiger partial charge in [-0.05, 0) is 24.7 Å². The van der Waals surface area contributed by atoms with E-state index in [9.17, 15) is 0 Å². The maximum atomic E-state index is 5.61. The number of rotatable bonds is 4. The number of aromatic nitrogens is 1. The molecule has 0 spiro atoms. The van der Waals surface area contributed by atoms with Crippen molar-refractivity contribution >= 4 is 44.8 Å².